The van der Waals surface area contributed by atoms with Crippen molar-refractivity contribution in [3.63, 3.8) is 0 Å². The number of amides is 1. The maximum atomic E-state index is 13.0. The van der Waals surface area contributed by atoms with E-state index in [1.165, 1.54) is 36.4 Å². The fraction of sp³-hybridized carbons (Fsp3) is 0.0833. The fourth-order valence-electron chi connectivity index (χ4n) is 3.51. The lowest BCUT2D eigenvalue weighted by Gasteiger charge is -2.19. The van der Waals surface area contributed by atoms with Crippen LogP contribution >= 0.6 is 0 Å². The van der Waals surface area contributed by atoms with E-state index in [1.54, 1.807) is 36.4 Å². The van der Waals surface area contributed by atoms with Gasteiger partial charge in [0.05, 0.1) is 16.1 Å². The summed E-state index contributed by atoms with van der Waals surface area (Å²) in [6, 6.07) is 18.3. The van der Waals surface area contributed by atoms with Crippen molar-refractivity contribution in [1.82, 2.24) is 0 Å². The van der Waals surface area contributed by atoms with Gasteiger partial charge in [0.1, 0.15) is 18.8 Å². The first-order valence-electron chi connectivity index (χ1n) is 10.3. The number of carbonyl (C=O) groups is 1. The third-order valence-corrected chi connectivity index (χ3v) is 6.48. The Morgan fingerprint density at radius 2 is 1.65 bits per heavy atom. The molecule has 0 radical (unpaired) electrons. The van der Waals surface area contributed by atoms with Crippen LogP contribution in [-0.4, -0.2) is 27.5 Å². The van der Waals surface area contributed by atoms with Crippen LogP contribution in [0.1, 0.15) is 10.4 Å². The molecule has 9 nitrogen and oxygen atoms in total. The van der Waals surface area contributed by atoms with Crippen molar-refractivity contribution in [2.75, 3.05) is 23.3 Å². The molecule has 0 saturated heterocycles. The largest absolute Gasteiger partial charge is 0.486 e. The maximum Gasteiger partial charge on any atom is 0.336 e. The average molecular weight is 478 g/mol. The van der Waals surface area contributed by atoms with Crippen molar-refractivity contribution in [1.29, 1.82) is 0 Å². The normalized spacial score (nSPS) is 12.8. The van der Waals surface area contributed by atoms with E-state index in [9.17, 15) is 18.0 Å². The highest BCUT2D eigenvalue weighted by Crippen LogP contribution is 2.33. The Kier molecular flexibility index (Phi) is 5.42. The Labute approximate surface area is 194 Å². The molecule has 4 aromatic rings. The van der Waals surface area contributed by atoms with Gasteiger partial charge in [-0.15, -0.1) is 0 Å². The van der Waals surface area contributed by atoms with Gasteiger partial charge in [0.15, 0.2) is 11.5 Å². The number of rotatable bonds is 5. The van der Waals surface area contributed by atoms with Crippen LogP contribution in [0.4, 0.5) is 11.4 Å². The number of nitrogens with one attached hydrogen (secondary N) is 2. The second-order valence-corrected chi connectivity index (χ2v) is 9.10. The predicted molar refractivity (Wildman–Crippen MR) is 125 cm³/mol. The second kappa shape index (κ2) is 8.56. The summed E-state index contributed by atoms with van der Waals surface area (Å²) in [5.74, 6) is 0.295. The topological polar surface area (TPSA) is 124 Å². The number of hydrogen-bond donors (Lipinski definition) is 2. The third kappa shape index (κ3) is 4.30. The zero-order chi connectivity index (χ0) is 23.7. The molecule has 172 valence electrons. The lowest BCUT2D eigenvalue weighted by atomic mass is 10.1. The van der Waals surface area contributed by atoms with Crippen LogP contribution in [0, 0.1) is 0 Å². The molecular weight excluding hydrogens is 460 g/mol. The van der Waals surface area contributed by atoms with Gasteiger partial charge in [-0.25, -0.2) is 13.2 Å². The number of fused-ring (bicyclic) bond motifs is 2. The van der Waals surface area contributed by atoms with Crippen LogP contribution in [-0.2, 0) is 10.0 Å². The molecule has 1 aromatic heterocycles. The Hall–Kier alpha value is -4.31. The SMILES string of the molecule is O=C(Nc1ccc2oc(=O)ccc2c1)c1ccccc1NS(=O)(=O)c1ccc2c(c1)OCCO2. The van der Waals surface area contributed by atoms with Crippen LogP contribution in [0.3, 0.4) is 0 Å². The molecule has 3 aromatic carbocycles. The molecule has 0 bridgehead atoms. The first kappa shape index (κ1) is 21.5. The maximum absolute atomic E-state index is 13.0. The lowest BCUT2D eigenvalue weighted by Crippen LogP contribution is -2.19. The van der Waals surface area contributed by atoms with Gasteiger partial charge in [0.25, 0.3) is 15.9 Å². The number of ether oxygens (including phenoxy) is 2. The summed E-state index contributed by atoms with van der Waals surface area (Å²) in [5, 5.41) is 3.37. The summed E-state index contributed by atoms with van der Waals surface area (Å²) in [4.78, 5) is 24.3. The minimum Gasteiger partial charge on any atom is -0.486 e. The molecule has 1 amide bonds. The lowest BCUT2D eigenvalue weighted by molar-refractivity contribution is 0.102. The Morgan fingerprint density at radius 1 is 0.853 bits per heavy atom. The number of sulfonamides is 1. The number of carbonyl (C=O) groups excluding carboxylic acids is 1. The molecule has 0 aliphatic carbocycles. The van der Waals surface area contributed by atoms with Gasteiger partial charge in [0, 0.05) is 23.2 Å². The Balaban J connectivity index is 1.40. The number of anilines is 2. The molecule has 1 aliphatic rings. The molecule has 0 saturated carbocycles. The summed E-state index contributed by atoms with van der Waals surface area (Å²) in [7, 11) is -4.02. The van der Waals surface area contributed by atoms with Crippen LogP contribution in [0.2, 0.25) is 0 Å². The standard InChI is InChI=1S/C24H18N2O7S/c27-23-10-5-15-13-16(6-8-20(15)33-23)25-24(28)18-3-1-2-4-19(18)26-34(29,30)17-7-9-21-22(14-17)32-12-11-31-21/h1-10,13-14,26H,11-12H2,(H,25,28). The minimum absolute atomic E-state index is 0.0250. The van der Waals surface area contributed by atoms with Gasteiger partial charge < -0.3 is 19.2 Å². The van der Waals surface area contributed by atoms with Crippen molar-refractivity contribution in [2.24, 2.45) is 0 Å². The van der Waals surface area contributed by atoms with E-state index in [1.807, 2.05) is 0 Å². The molecule has 1 aliphatic heterocycles. The van der Waals surface area contributed by atoms with Crippen LogP contribution < -0.4 is 25.1 Å². The van der Waals surface area contributed by atoms with Crippen molar-refractivity contribution in [3.8, 4) is 11.5 Å². The molecular formula is C24H18N2O7S. The highest BCUT2D eigenvalue weighted by atomic mass is 32.2. The van der Waals surface area contributed by atoms with Crippen molar-refractivity contribution >= 4 is 38.3 Å². The Bertz CT molecular complexity index is 1580. The van der Waals surface area contributed by atoms with Crippen LogP contribution in [0.15, 0.2) is 86.9 Å². The minimum atomic E-state index is -4.02. The molecule has 0 spiro atoms. The highest BCUT2D eigenvalue weighted by Gasteiger charge is 2.22. The molecule has 34 heavy (non-hydrogen) atoms. The summed E-state index contributed by atoms with van der Waals surface area (Å²) >= 11 is 0. The first-order chi connectivity index (χ1) is 16.4. The molecule has 0 unspecified atom stereocenters. The van der Waals surface area contributed by atoms with E-state index in [-0.39, 0.29) is 16.1 Å². The van der Waals surface area contributed by atoms with Gasteiger partial charge in [-0.05, 0) is 48.5 Å². The predicted octanol–water partition coefficient (Wildman–Crippen LogP) is 3.62. The molecule has 5 rings (SSSR count). The summed E-state index contributed by atoms with van der Waals surface area (Å²) in [6.45, 7) is 0.722. The average Bonchev–Trinajstić information content (AvgIpc) is 2.84. The number of para-hydroxylation sites is 1. The van der Waals surface area contributed by atoms with E-state index in [4.69, 9.17) is 13.9 Å². The zero-order valence-corrected chi connectivity index (χ0v) is 18.4. The highest BCUT2D eigenvalue weighted by molar-refractivity contribution is 7.92. The first-order valence-corrected chi connectivity index (χ1v) is 11.7. The molecule has 0 fully saturated rings. The zero-order valence-electron chi connectivity index (χ0n) is 17.6. The van der Waals surface area contributed by atoms with E-state index in [2.05, 4.69) is 10.0 Å². The summed E-state index contributed by atoms with van der Waals surface area (Å²) in [5.41, 5.74) is 0.613. The number of benzene rings is 3. The molecule has 10 heteroatoms. The van der Waals surface area contributed by atoms with Gasteiger partial charge in [0.2, 0.25) is 0 Å². The Morgan fingerprint density at radius 3 is 2.50 bits per heavy atom. The van der Waals surface area contributed by atoms with Gasteiger partial charge in [-0.1, -0.05) is 12.1 Å². The summed E-state index contributed by atoms with van der Waals surface area (Å²) in [6.07, 6.45) is 0. The van der Waals surface area contributed by atoms with Gasteiger partial charge >= 0.3 is 5.63 Å². The fourth-order valence-corrected chi connectivity index (χ4v) is 4.61. The smallest absolute Gasteiger partial charge is 0.336 e. The second-order valence-electron chi connectivity index (χ2n) is 7.42. The van der Waals surface area contributed by atoms with E-state index >= 15 is 0 Å². The van der Waals surface area contributed by atoms with Crippen LogP contribution in [0.25, 0.3) is 11.0 Å². The molecule has 2 N–H and O–H groups in total. The third-order valence-electron chi connectivity index (χ3n) is 5.12. The van der Waals surface area contributed by atoms with Crippen molar-refractivity contribution in [3.05, 3.63) is 88.8 Å². The van der Waals surface area contributed by atoms with Crippen molar-refractivity contribution < 1.29 is 27.1 Å². The quantitative estimate of drug-likeness (QED) is 0.420. The monoisotopic (exact) mass is 478 g/mol. The van der Waals surface area contributed by atoms with E-state index < -0.39 is 21.6 Å². The van der Waals surface area contributed by atoms with E-state index in [0.717, 1.165) is 0 Å². The van der Waals surface area contributed by atoms with Crippen molar-refractivity contribution in [2.45, 2.75) is 4.90 Å². The van der Waals surface area contributed by atoms with Gasteiger partial charge in [-0.3, -0.25) is 9.52 Å². The van der Waals surface area contributed by atoms with Crippen LogP contribution in [0.5, 0.6) is 11.5 Å². The summed E-state index contributed by atoms with van der Waals surface area (Å²) < 4.78 is 44.5. The molecule has 2 heterocycles. The van der Waals surface area contributed by atoms with E-state index in [0.29, 0.717) is 41.4 Å². The molecule has 0 atom stereocenters. The van der Waals surface area contributed by atoms with Gasteiger partial charge in [-0.2, -0.15) is 0 Å². The number of hydrogen-bond acceptors (Lipinski definition) is 7.